The third kappa shape index (κ3) is 5.51. The van der Waals surface area contributed by atoms with E-state index in [2.05, 4.69) is 25.4 Å². The maximum Gasteiger partial charge on any atom is 0.387 e. The van der Waals surface area contributed by atoms with Crippen molar-refractivity contribution in [2.75, 3.05) is 7.11 Å². The van der Waals surface area contributed by atoms with Crippen LogP contribution in [0.15, 0.2) is 72.3 Å². The fraction of sp³-hybridized carbons (Fsp3) is 0.250. The molecule has 1 aromatic heterocycles. The number of H-pyrrole nitrogens is 1. The van der Waals surface area contributed by atoms with E-state index in [1.54, 1.807) is 19.2 Å². The second-order valence-electron chi connectivity index (χ2n) is 8.54. The number of benzene rings is 3. The average molecular weight is 507 g/mol. The molecule has 192 valence electrons. The number of aromatic nitrogens is 4. The minimum atomic E-state index is -2.93. The summed E-state index contributed by atoms with van der Waals surface area (Å²) in [6.07, 6.45) is 3.30. The molecule has 1 unspecified atom stereocenters. The lowest BCUT2D eigenvalue weighted by molar-refractivity contribution is -0.0498. The van der Waals surface area contributed by atoms with Crippen molar-refractivity contribution in [2.24, 2.45) is 0 Å². The number of ether oxygens (including phenoxy) is 2. The molecule has 7 nitrogen and oxygen atoms in total. The van der Waals surface area contributed by atoms with Crippen LogP contribution in [0.25, 0.3) is 17.5 Å². The summed E-state index contributed by atoms with van der Waals surface area (Å²) < 4.78 is 35.5. The van der Waals surface area contributed by atoms with Crippen LogP contribution in [0.5, 0.6) is 11.5 Å². The van der Waals surface area contributed by atoms with E-state index in [1.165, 1.54) is 12.1 Å². The molecule has 4 rings (SSSR count). The highest BCUT2D eigenvalue weighted by molar-refractivity contribution is 5.72. The Labute approximate surface area is 213 Å². The lowest BCUT2D eigenvalue weighted by Crippen LogP contribution is -2.30. The Kier molecular flexibility index (Phi) is 7.93. The van der Waals surface area contributed by atoms with Crippen LogP contribution in [-0.4, -0.2) is 39.5 Å². The number of hydrogen-bond acceptors (Lipinski definition) is 6. The molecule has 0 saturated heterocycles. The van der Waals surface area contributed by atoms with Crippen LogP contribution in [0.1, 0.15) is 42.0 Å². The smallest absolute Gasteiger partial charge is 0.387 e. The van der Waals surface area contributed by atoms with Gasteiger partial charge in [-0.15, -0.1) is 10.2 Å². The summed E-state index contributed by atoms with van der Waals surface area (Å²) in [7, 11) is 1.57. The third-order valence-corrected chi connectivity index (χ3v) is 6.18. The van der Waals surface area contributed by atoms with Crippen LogP contribution >= 0.6 is 0 Å². The first-order valence-electron chi connectivity index (χ1n) is 11.8. The van der Waals surface area contributed by atoms with E-state index in [4.69, 9.17) is 4.74 Å². The van der Waals surface area contributed by atoms with Crippen LogP contribution in [0.4, 0.5) is 8.78 Å². The fourth-order valence-corrected chi connectivity index (χ4v) is 4.39. The van der Waals surface area contributed by atoms with Gasteiger partial charge in [-0.1, -0.05) is 61.9 Å². The molecule has 0 aliphatic rings. The van der Waals surface area contributed by atoms with Crippen LogP contribution in [0.2, 0.25) is 0 Å². The predicted molar refractivity (Wildman–Crippen MR) is 136 cm³/mol. The zero-order chi connectivity index (χ0) is 26.4. The highest BCUT2D eigenvalue weighted by Crippen LogP contribution is 2.41. The van der Waals surface area contributed by atoms with E-state index < -0.39 is 12.2 Å². The van der Waals surface area contributed by atoms with Gasteiger partial charge in [0, 0.05) is 0 Å². The van der Waals surface area contributed by atoms with Crippen LogP contribution in [0, 0.1) is 6.92 Å². The Hall–Kier alpha value is -4.11. The van der Waals surface area contributed by atoms with E-state index in [-0.39, 0.29) is 5.75 Å². The van der Waals surface area contributed by atoms with E-state index in [0.29, 0.717) is 34.7 Å². The van der Waals surface area contributed by atoms with Crippen molar-refractivity contribution in [3.8, 4) is 22.9 Å². The largest absolute Gasteiger partial charge is 0.496 e. The summed E-state index contributed by atoms with van der Waals surface area (Å²) in [5.41, 5.74) is 2.87. The lowest BCUT2D eigenvalue weighted by atomic mass is 9.77. The second kappa shape index (κ2) is 11.3. The van der Waals surface area contributed by atoms with Crippen LogP contribution < -0.4 is 9.47 Å². The minimum absolute atomic E-state index is 0.0211. The Morgan fingerprint density at radius 1 is 1.08 bits per heavy atom. The summed E-state index contributed by atoms with van der Waals surface area (Å²) in [4.78, 5) is 0. The monoisotopic (exact) mass is 506 g/mol. The summed E-state index contributed by atoms with van der Waals surface area (Å²) in [5.74, 6) is 0.995. The zero-order valence-corrected chi connectivity index (χ0v) is 20.8. The van der Waals surface area contributed by atoms with Crippen molar-refractivity contribution in [2.45, 2.75) is 38.9 Å². The Balaban J connectivity index is 1.87. The number of halogens is 2. The second-order valence-corrected chi connectivity index (χ2v) is 8.54. The molecule has 37 heavy (non-hydrogen) atoms. The maximum atomic E-state index is 12.7. The van der Waals surface area contributed by atoms with E-state index in [0.717, 1.165) is 23.1 Å². The highest BCUT2D eigenvalue weighted by atomic mass is 19.3. The van der Waals surface area contributed by atoms with Crippen molar-refractivity contribution >= 4 is 6.08 Å². The summed E-state index contributed by atoms with van der Waals surface area (Å²) in [6.45, 7) is 1.06. The molecule has 1 heterocycles. The first-order valence-corrected chi connectivity index (χ1v) is 11.8. The number of methoxy groups -OCH3 is 1. The van der Waals surface area contributed by atoms with Crippen molar-refractivity contribution in [3.05, 3.63) is 94.6 Å². The SMILES string of the molecule is CCC/C(=C\c1cc(OC)c(-c2nn[nH]n2)cc1C)C(O)(c1ccccc1)c1ccc(OC(F)F)cc1. The average Bonchev–Trinajstić information content (AvgIpc) is 3.44. The number of aryl methyl sites for hydroxylation is 1. The first-order chi connectivity index (χ1) is 17.9. The van der Waals surface area contributed by atoms with Gasteiger partial charge < -0.3 is 14.6 Å². The number of nitrogens with zero attached hydrogens (tertiary/aromatic N) is 3. The summed E-state index contributed by atoms with van der Waals surface area (Å²) in [6, 6.07) is 19.2. The van der Waals surface area contributed by atoms with Crippen molar-refractivity contribution in [1.29, 1.82) is 0 Å². The molecule has 1 atom stereocenters. The molecule has 4 aromatic rings. The molecule has 0 aliphatic carbocycles. The van der Waals surface area contributed by atoms with E-state index in [1.807, 2.05) is 62.4 Å². The number of tetrazole rings is 1. The van der Waals surface area contributed by atoms with Gasteiger partial charge in [0.2, 0.25) is 5.82 Å². The van der Waals surface area contributed by atoms with Crippen molar-refractivity contribution in [3.63, 3.8) is 0 Å². The maximum absolute atomic E-state index is 12.7. The Morgan fingerprint density at radius 3 is 2.38 bits per heavy atom. The van der Waals surface area contributed by atoms with Gasteiger partial charge in [-0.3, -0.25) is 0 Å². The van der Waals surface area contributed by atoms with Gasteiger partial charge in [-0.05, 0) is 70.7 Å². The van der Waals surface area contributed by atoms with Gasteiger partial charge in [0.15, 0.2) is 0 Å². The summed E-state index contributed by atoms with van der Waals surface area (Å²) >= 11 is 0. The van der Waals surface area contributed by atoms with Crippen molar-refractivity contribution in [1.82, 2.24) is 20.6 Å². The standard InChI is InChI=1S/C28H28F2N4O3/c1-4-8-22(16-19-17-25(36-3)24(15-18(19)2)26-31-33-34-32-26)28(35,20-9-6-5-7-10-20)21-11-13-23(14-12-21)37-27(29)30/h5-7,9-17,27,35H,4,8H2,1-3H3,(H,31,32,33,34)/b22-16+. The van der Waals surface area contributed by atoms with Gasteiger partial charge in [0.05, 0.1) is 12.7 Å². The molecule has 0 aliphatic heterocycles. The molecular weight excluding hydrogens is 478 g/mol. The molecule has 0 bridgehead atoms. The molecule has 0 spiro atoms. The Morgan fingerprint density at radius 2 is 1.78 bits per heavy atom. The quantitative estimate of drug-likeness (QED) is 0.278. The third-order valence-electron chi connectivity index (χ3n) is 6.18. The normalized spacial score (nSPS) is 13.4. The molecule has 0 radical (unpaired) electrons. The van der Waals surface area contributed by atoms with Crippen LogP contribution in [0.3, 0.4) is 0 Å². The zero-order valence-electron chi connectivity index (χ0n) is 20.8. The molecule has 0 fully saturated rings. The van der Waals surface area contributed by atoms with Gasteiger partial charge in [-0.2, -0.15) is 14.0 Å². The van der Waals surface area contributed by atoms with Gasteiger partial charge in [0.25, 0.3) is 0 Å². The number of aliphatic hydroxyl groups is 1. The van der Waals surface area contributed by atoms with Crippen LogP contribution in [-0.2, 0) is 5.60 Å². The van der Waals surface area contributed by atoms with Crippen molar-refractivity contribution < 1.29 is 23.4 Å². The highest BCUT2D eigenvalue weighted by Gasteiger charge is 2.35. The molecule has 2 N–H and O–H groups in total. The molecule has 0 saturated carbocycles. The molecule has 0 amide bonds. The molecule has 3 aromatic carbocycles. The number of nitrogens with one attached hydrogen (secondary N) is 1. The number of rotatable bonds is 10. The predicted octanol–water partition coefficient (Wildman–Crippen LogP) is 5.90. The lowest BCUT2D eigenvalue weighted by Gasteiger charge is -2.33. The fourth-order valence-electron chi connectivity index (χ4n) is 4.39. The van der Waals surface area contributed by atoms with Gasteiger partial charge in [-0.25, -0.2) is 0 Å². The number of hydrogen-bond donors (Lipinski definition) is 2. The van der Waals surface area contributed by atoms with Gasteiger partial charge in [0.1, 0.15) is 17.1 Å². The molecule has 9 heteroatoms. The summed E-state index contributed by atoms with van der Waals surface area (Å²) in [5, 5.41) is 26.6. The first kappa shape index (κ1) is 26.0. The van der Waals surface area contributed by atoms with E-state index in [9.17, 15) is 13.9 Å². The topological polar surface area (TPSA) is 93.2 Å². The number of alkyl halides is 2. The van der Waals surface area contributed by atoms with Gasteiger partial charge >= 0.3 is 6.61 Å². The molecular formula is C28H28F2N4O3. The van der Waals surface area contributed by atoms with E-state index >= 15 is 0 Å². The number of aromatic amines is 1. The minimum Gasteiger partial charge on any atom is -0.496 e. The Bertz CT molecular complexity index is 1340.